The molecule has 1 aromatic heterocycles. The molecule has 1 heterocycles. The van der Waals surface area contributed by atoms with Gasteiger partial charge in [-0.05, 0) is 36.2 Å². The van der Waals surface area contributed by atoms with E-state index in [4.69, 9.17) is 0 Å². The van der Waals surface area contributed by atoms with E-state index in [2.05, 4.69) is 68.2 Å². The molecule has 2 N–H and O–H groups in total. The highest BCUT2D eigenvalue weighted by Gasteiger charge is 2.46. The summed E-state index contributed by atoms with van der Waals surface area (Å²) < 4.78 is 1.85. The first-order chi connectivity index (χ1) is 15.9. The molecule has 0 fully saturated rings. The summed E-state index contributed by atoms with van der Waals surface area (Å²) in [5.41, 5.74) is 1.14. The Balaban J connectivity index is 0.00000281. The van der Waals surface area contributed by atoms with E-state index in [1.165, 1.54) is 5.70 Å². The summed E-state index contributed by atoms with van der Waals surface area (Å²) in [4.78, 5) is 13.8. The number of rotatable bonds is 12. The fraction of sp³-hybridized carbons (Fsp3) is 0.741. The van der Waals surface area contributed by atoms with E-state index in [0.717, 1.165) is 32.4 Å². The highest BCUT2D eigenvalue weighted by molar-refractivity contribution is 5.68. The van der Waals surface area contributed by atoms with Gasteiger partial charge >= 0.3 is 5.97 Å². The molecule has 0 aliphatic heterocycles. The maximum atomic E-state index is 11.5. The fourth-order valence-electron chi connectivity index (χ4n) is 4.77. The van der Waals surface area contributed by atoms with Gasteiger partial charge in [-0.1, -0.05) is 79.2 Å². The molecule has 0 radical (unpaired) electrons. The van der Waals surface area contributed by atoms with Crippen molar-refractivity contribution in [3.63, 3.8) is 0 Å². The van der Waals surface area contributed by atoms with E-state index in [1.807, 2.05) is 38.6 Å². The van der Waals surface area contributed by atoms with Gasteiger partial charge in [0, 0.05) is 31.2 Å². The first-order valence-electron chi connectivity index (χ1n) is 12.8. The highest BCUT2D eigenvalue weighted by Crippen LogP contribution is 2.52. The maximum Gasteiger partial charge on any atom is 0.303 e. The number of nitrogens with zero attached hydrogens (tertiary/aromatic N) is 4. The number of allylic oxidation sites excluding steroid dienone is 4. The normalized spacial score (nSPS) is 19.8. The minimum absolute atomic E-state index is 0.0934. The van der Waals surface area contributed by atoms with Crippen LogP contribution < -0.4 is 0 Å². The molecular weight excluding hydrogens is 428 g/mol. The Labute approximate surface area is 206 Å². The molecule has 0 aromatic carbocycles. The van der Waals surface area contributed by atoms with Crippen LogP contribution in [0.1, 0.15) is 92.9 Å². The van der Waals surface area contributed by atoms with Crippen molar-refractivity contribution in [2.75, 3.05) is 13.6 Å². The monoisotopic (exact) mass is 476 g/mol. The van der Waals surface area contributed by atoms with Crippen molar-refractivity contribution in [2.45, 2.75) is 93.7 Å². The molecule has 7 heteroatoms. The van der Waals surface area contributed by atoms with Crippen molar-refractivity contribution in [1.29, 1.82) is 0 Å². The van der Waals surface area contributed by atoms with Crippen molar-refractivity contribution in [3.05, 3.63) is 35.8 Å². The van der Waals surface area contributed by atoms with Crippen LogP contribution in [0.25, 0.3) is 0 Å². The fourth-order valence-corrected chi connectivity index (χ4v) is 4.77. The minimum atomic E-state index is -0.762. The lowest BCUT2D eigenvalue weighted by molar-refractivity contribution is -0.141. The molecule has 1 aliphatic rings. The van der Waals surface area contributed by atoms with Crippen molar-refractivity contribution in [3.8, 4) is 0 Å². The van der Waals surface area contributed by atoms with E-state index in [-0.39, 0.29) is 17.8 Å². The molecule has 3 atom stereocenters. The third-order valence-corrected chi connectivity index (χ3v) is 7.14. The quantitative estimate of drug-likeness (QED) is 0.402. The van der Waals surface area contributed by atoms with E-state index in [9.17, 15) is 15.0 Å². The summed E-state index contributed by atoms with van der Waals surface area (Å²) in [5.74, 6) is -0.313. The van der Waals surface area contributed by atoms with Gasteiger partial charge in [-0.25, -0.2) is 0 Å². The van der Waals surface area contributed by atoms with E-state index >= 15 is 0 Å². The first-order valence-corrected chi connectivity index (χ1v) is 12.8. The summed E-state index contributed by atoms with van der Waals surface area (Å²) in [6.07, 6.45) is 10.7. The number of aromatic nitrogens is 3. The number of hydrogen-bond acceptors (Lipinski definition) is 5. The summed E-state index contributed by atoms with van der Waals surface area (Å²) in [7, 11) is 2.11. The van der Waals surface area contributed by atoms with Crippen molar-refractivity contribution < 1.29 is 15.0 Å². The van der Waals surface area contributed by atoms with Gasteiger partial charge in [-0.3, -0.25) is 9.48 Å². The maximum absolute atomic E-state index is 11.5. The number of aliphatic carboxylic acids is 1. The molecule has 0 saturated heterocycles. The molecule has 34 heavy (non-hydrogen) atoms. The zero-order chi connectivity index (χ0) is 26.1. The molecule has 0 saturated carbocycles. The zero-order valence-electron chi connectivity index (χ0n) is 22.9. The van der Waals surface area contributed by atoms with Crippen LogP contribution in [0.3, 0.4) is 0 Å². The Kier molecular flexibility index (Phi) is 11.5. The van der Waals surface area contributed by atoms with Crippen molar-refractivity contribution >= 4 is 5.97 Å². The lowest BCUT2D eigenvalue weighted by atomic mass is 9.60. The summed E-state index contributed by atoms with van der Waals surface area (Å²) in [6.45, 7) is 18.0. The Morgan fingerprint density at radius 1 is 1.32 bits per heavy atom. The number of carboxylic acid groups (broad SMARTS) is 1. The number of aliphatic hydroxyl groups excluding tert-OH is 1. The van der Waals surface area contributed by atoms with Crippen LogP contribution in [-0.2, 0) is 11.3 Å². The molecule has 194 valence electrons. The third-order valence-electron chi connectivity index (χ3n) is 7.14. The molecule has 0 bridgehead atoms. The third kappa shape index (κ3) is 7.42. The average Bonchev–Trinajstić information content (AvgIpc) is 3.22. The lowest BCUT2D eigenvalue weighted by Gasteiger charge is -2.49. The molecule has 2 rings (SSSR count). The Hall–Kier alpha value is -2.15. The van der Waals surface area contributed by atoms with E-state index < -0.39 is 17.5 Å². The van der Waals surface area contributed by atoms with Gasteiger partial charge in [0.05, 0.1) is 12.6 Å². The second-order valence-corrected chi connectivity index (χ2v) is 10.6. The number of aliphatic hydroxyl groups is 1. The van der Waals surface area contributed by atoms with Crippen molar-refractivity contribution in [2.24, 2.45) is 22.7 Å². The average molecular weight is 477 g/mol. The summed E-state index contributed by atoms with van der Waals surface area (Å²) in [5, 5.41) is 28.2. The van der Waals surface area contributed by atoms with Gasteiger partial charge in [0.25, 0.3) is 0 Å². The number of hydrogen-bond donors (Lipinski definition) is 2. The van der Waals surface area contributed by atoms with Crippen LogP contribution in [0.2, 0.25) is 0 Å². The largest absolute Gasteiger partial charge is 0.481 e. The zero-order valence-corrected chi connectivity index (χ0v) is 22.9. The van der Waals surface area contributed by atoms with Crippen LogP contribution in [0.5, 0.6) is 0 Å². The smallest absolute Gasteiger partial charge is 0.303 e. The van der Waals surface area contributed by atoms with Crippen LogP contribution in [0, 0.1) is 22.7 Å². The predicted molar refractivity (Wildman–Crippen MR) is 138 cm³/mol. The Bertz CT molecular complexity index is 828. The van der Waals surface area contributed by atoms with Crippen LogP contribution >= 0.6 is 0 Å². The van der Waals surface area contributed by atoms with Gasteiger partial charge in [0.15, 0.2) is 0 Å². The Morgan fingerprint density at radius 3 is 2.53 bits per heavy atom. The van der Waals surface area contributed by atoms with E-state index in [0.29, 0.717) is 11.6 Å². The van der Waals surface area contributed by atoms with Gasteiger partial charge in [0.1, 0.15) is 11.8 Å². The molecule has 0 spiro atoms. The van der Waals surface area contributed by atoms with Crippen molar-refractivity contribution in [1.82, 2.24) is 19.9 Å². The van der Waals surface area contributed by atoms with E-state index in [1.54, 1.807) is 0 Å². The minimum Gasteiger partial charge on any atom is -0.481 e. The molecule has 7 nitrogen and oxygen atoms in total. The molecule has 1 aromatic rings. The van der Waals surface area contributed by atoms with Gasteiger partial charge < -0.3 is 15.1 Å². The van der Waals surface area contributed by atoms with Gasteiger partial charge in [0.2, 0.25) is 0 Å². The molecule has 3 unspecified atom stereocenters. The van der Waals surface area contributed by atoms with Crippen LogP contribution in [0.15, 0.2) is 30.1 Å². The molecular formula is C27H48N4O3. The number of carboxylic acids is 1. The molecule has 0 amide bonds. The second kappa shape index (κ2) is 13.1. The highest BCUT2D eigenvalue weighted by atomic mass is 16.4. The standard InChI is InChI=1S/C25H42N4O3.C2H6/c1-8-11-19(16-29-17-20(26-27-29)23(32)18(2)3)15-28(7)21-12-9-10-13-25(21,6)24(4,5)14-22(30)31;1-2/h9-10,12,17-19,23,32H,8,11,13-16H2,1-7H3,(H,30,31);1-2H3. The first kappa shape index (κ1) is 29.9. The van der Waals surface area contributed by atoms with Gasteiger partial charge in [-0.2, -0.15) is 0 Å². The van der Waals surface area contributed by atoms with Crippen LogP contribution in [-0.4, -0.2) is 49.7 Å². The topological polar surface area (TPSA) is 91.5 Å². The summed E-state index contributed by atoms with van der Waals surface area (Å²) in [6, 6.07) is 0. The number of carbonyl (C=O) groups is 1. The SMILES string of the molecule is CC.CCCC(CN(C)C1=CC=CCC1(C)C(C)(C)CC(=O)O)Cn1cc(C(O)C(C)C)nn1. The Morgan fingerprint density at radius 2 is 1.97 bits per heavy atom. The lowest BCUT2D eigenvalue weighted by Crippen LogP contribution is -2.45. The second-order valence-electron chi connectivity index (χ2n) is 10.6. The molecule has 1 aliphatic carbocycles. The summed E-state index contributed by atoms with van der Waals surface area (Å²) >= 11 is 0. The van der Waals surface area contributed by atoms with Gasteiger partial charge in [-0.15, -0.1) is 5.10 Å². The predicted octanol–water partition coefficient (Wildman–Crippen LogP) is 5.69. The van der Waals surface area contributed by atoms with Crippen LogP contribution in [0.4, 0.5) is 0 Å².